The van der Waals surface area contributed by atoms with E-state index in [2.05, 4.69) is 4.98 Å². The molecule has 1 aliphatic heterocycles. The van der Waals surface area contributed by atoms with Crippen LogP contribution in [0.1, 0.15) is 60.0 Å². The van der Waals surface area contributed by atoms with Crippen molar-refractivity contribution in [1.29, 1.82) is 0 Å². The lowest BCUT2D eigenvalue weighted by Crippen LogP contribution is -2.36. The minimum atomic E-state index is -0.528. The van der Waals surface area contributed by atoms with Crippen LogP contribution in [0.3, 0.4) is 0 Å². The Balaban J connectivity index is 2.21. The summed E-state index contributed by atoms with van der Waals surface area (Å²) in [5.74, 6) is -0.443. The number of esters is 1. The van der Waals surface area contributed by atoms with Crippen molar-refractivity contribution in [1.82, 2.24) is 9.88 Å². The number of nitrogens with zero attached hydrogens (tertiary/aromatic N) is 2. The second-order valence-corrected chi connectivity index (χ2v) is 7.52. The number of methoxy groups -OCH3 is 1. The fraction of sp³-hybridized carbons (Fsp3) is 0.667. The number of aromatic nitrogens is 1. The maximum Gasteiger partial charge on any atom is 0.410 e. The minimum absolute atomic E-state index is 0.128. The minimum Gasteiger partial charge on any atom is -0.464 e. The van der Waals surface area contributed by atoms with Gasteiger partial charge in [-0.25, -0.2) is 14.6 Å². The fourth-order valence-corrected chi connectivity index (χ4v) is 3.47. The normalized spacial score (nSPS) is 18.4. The van der Waals surface area contributed by atoms with Gasteiger partial charge < -0.3 is 9.47 Å². The number of hydrogen-bond donors (Lipinski definition) is 0. The summed E-state index contributed by atoms with van der Waals surface area (Å²) in [4.78, 5) is 30.9. The zero-order valence-electron chi connectivity index (χ0n) is 13.6. The molecule has 1 saturated heterocycles. The van der Waals surface area contributed by atoms with Crippen LogP contribution in [-0.4, -0.2) is 41.2 Å². The molecule has 1 aromatic rings. The Labute approximate surface area is 134 Å². The first-order chi connectivity index (χ1) is 10.2. The summed E-state index contributed by atoms with van der Waals surface area (Å²) in [5.41, 5.74) is -0.196. The first-order valence-corrected chi connectivity index (χ1v) is 8.10. The van der Waals surface area contributed by atoms with Crippen LogP contribution < -0.4 is 0 Å². The molecule has 0 aromatic carbocycles. The summed E-state index contributed by atoms with van der Waals surface area (Å²) in [6.45, 7) is 8.02. The van der Waals surface area contributed by atoms with Gasteiger partial charge in [0.05, 0.1) is 13.2 Å². The van der Waals surface area contributed by atoms with Gasteiger partial charge in [0.15, 0.2) is 5.69 Å². The molecule has 2 rings (SSSR count). The molecule has 2 heterocycles. The number of hydrogen-bond acceptors (Lipinski definition) is 6. The standard InChI is InChI=1S/C15H22N2O4S/c1-9-11(13(18)20-5)16-12(22-9)10-7-6-8-17(10)14(19)21-15(2,3)4/h10H,6-8H2,1-5H3/t10-/m0/s1. The number of rotatable bonds is 2. The molecule has 0 aliphatic carbocycles. The van der Waals surface area contributed by atoms with E-state index >= 15 is 0 Å². The van der Waals surface area contributed by atoms with Crippen LogP contribution in [0.2, 0.25) is 0 Å². The van der Waals surface area contributed by atoms with Crippen molar-refractivity contribution in [3.63, 3.8) is 0 Å². The van der Waals surface area contributed by atoms with Crippen LogP contribution >= 0.6 is 11.3 Å². The van der Waals surface area contributed by atoms with Crippen LogP contribution in [0, 0.1) is 6.92 Å². The maximum absolute atomic E-state index is 12.3. The zero-order chi connectivity index (χ0) is 16.5. The summed E-state index contributed by atoms with van der Waals surface area (Å²) >= 11 is 1.43. The number of aryl methyl sites for hydroxylation is 1. The lowest BCUT2D eigenvalue weighted by molar-refractivity contribution is 0.0224. The van der Waals surface area contributed by atoms with Gasteiger partial charge in [0.1, 0.15) is 10.6 Å². The summed E-state index contributed by atoms with van der Waals surface area (Å²) in [6, 6.07) is -0.128. The molecule has 6 nitrogen and oxygen atoms in total. The van der Waals surface area contributed by atoms with Crippen LogP contribution in [0.25, 0.3) is 0 Å². The van der Waals surface area contributed by atoms with Gasteiger partial charge in [-0.2, -0.15) is 0 Å². The molecule has 0 N–H and O–H groups in total. The molecular weight excluding hydrogens is 304 g/mol. The molecule has 0 saturated carbocycles. The Morgan fingerprint density at radius 3 is 2.64 bits per heavy atom. The van der Waals surface area contributed by atoms with Crippen molar-refractivity contribution in [3.8, 4) is 0 Å². The van der Waals surface area contributed by atoms with E-state index in [1.165, 1.54) is 18.4 Å². The summed E-state index contributed by atoms with van der Waals surface area (Å²) in [7, 11) is 1.34. The van der Waals surface area contributed by atoms with E-state index in [4.69, 9.17) is 9.47 Å². The largest absolute Gasteiger partial charge is 0.464 e. The van der Waals surface area contributed by atoms with E-state index in [0.717, 1.165) is 22.7 Å². The quantitative estimate of drug-likeness (QED) is 0.780. The Hall–Kier alpha value is -1.63. The molecule has 0 spiro atoms. The number of thiazole rings is 1. The lowest BCUT2D eigenvalue weighted by atomic mass is 10.2. The van der Waals surface area contributed by atoms with Crippen molar-refractivity contribution in [2.75, 3.05) is 13.7 Å². The van der Waals surface area contributed by atoms with E-state index in [-0.39, 0.29) is 12.1 Å². The summed E-state index contributed by atoms with van der Waals surface area (Å²) < 4.78 is 10.2. The van der Waals surface area contributed by atoms with Crippen molar-refractivity contribution in [2.45, 2.75) is 52.2 Å². The van der Waals surface area contributed by atoms with E-state index < -0.39 is 11.6 Å². The summed E-state index contributed by atoms with van der Waals surface area (Å²) in [6.07, 6.45) is 1.39. The van der Waals surface area contributed by atoms with Gasteiger partial charge in [0.2, 0.25) is 0 Å². The zero-order valence-corrected chi connectivity index (χ0v) is 14.5. The number of carbonyl (C=O) groups is 2. The van der Waals surface area contributed by atoms with Gasteiger partial charge in [0.25, 0.3) is 0 Å². The monoisotopic (exact) mass is 326 g/mol. The van der Waals surface area contributed by atoms with Crippen LogP contribution in [-0.2, 0) is 9.47 Å². The van der Waals surface area contributed by atoms with E-state index in [0.29, 0.717) is 12.2 Å². The second kappa shape index (κ2) is 6.24. The van der Waals surface area contributed by atoms with Gasteiger partial charge in [-0.05, 0) is 40.5 Å². The number of amides is 1. The number of carbonyl (C=O) groups excluding carboxylic acids is 2. The molecule has 1 atom stereocenters. The van der Waals surface area contributed by atoms with Gasteiger partial charge in [-0.15, -0.1) is 11.3 Å². The van der Waals surface area contributed by atoms with Crippen LogP contribution in [0.5, 0.6) is 0 Å². The molecular formula is C15H22N2O4S. The topological polar surface area (TPSA) is 68.7 Å². The third-order valence-electron chi connectivity index (χ3n) is 3.36. The third kappa shape index (κ3) is 3.58. The predicted octanol–water partition coefficient (Wildman–Crippen LogP) is 3.31. The third-order valence-corrected chi connectivity index (χ3v) is 4.43. The van der Waals surface area contributed by atoms with Crippen LogP contribution in [0.15, 0.2) is 0 Å². The fourth-order valence-electron chi connectivity index (χ4n) is 2.41. The van der Waals surface area contributed by atoms with Crippen molar-refractivity contribution in [3.05, 3.63) is 15.6 Å². The van der Waals surface area contributed by atoms with Gasteiger partial charge in [-0.1, -0.05) is 0 Å². The molecule has 0 unspecified atom stereocenters. The second-order valence-electron chi connectivity index (χ2n) is 6.28. The smallest absolute Gasteiger partial charge is 0.410 e. The van der Waals surface area contributed by atoms with Crippen molar-refractivity contribution < 1.29 is 19.1 Å². The molecule has 1 aromatic heterocycles. The Morgan fingerprint density at radius 1 is 1.36 bits per heavy atom. The first-order valence-electron chi connectivity index (χ1n) is 7.28. The highest BCUT2D eigenvalue weighted by atomic mass is 32.1. The average molecular weight is 326 g/mol. The maximum atomic E-state index is 12.3. The van der Waals surface area contributed by atoms with Gasteiger partial charge in [-0.3, -0.25) is 4.90 Å². The SMILES string of the molecule is COC(=O)c1nc([C@@H]2CCCN2C(=O)OC(C)(C)C)sc1C. The predicted molar refractivity (Wildman–Crippen MR) is 83.1 cm³/mol. The first kappa shape index (κ1) is 16.7. The van der Waals surface area contributed by atoms with Crippen molar-refractivity contribution in [2.24, 2.45) is 0 Å². The molecule has 1 aliphatic rings. The summed E-state index contributed by atoms with van der Waals surface area (Å²) in [5, 5.41) is 0.765. The number of ether oxygens (including phenoxy) is 2. The molecule has 22 heavy (non-hydrogen) atoms. The van der Waals surface area contributed by atoms with E-state index in [9.17, 15) is 9.59 Å². The molecule has 7 heteroatoms. The molecule has 122 valence electrons. The lowest BCUT2D eigenvalue weighted by Gasteiger charge is -2.27. The molecule has 0 bridgehead atoms. The molecule has 1 fully saturated rings. The highest BCUT2D eigenvalue weighted by Crippen LogP contribution is 2.36. The van der Waals surface area contributed by atoms with Crippen LogP contribution in [0.4, 0.5) is 4.79 Å². The average Bonchev–Trinajstić information content (AvgIpc) is 3.01. The highest BCUT2D eigenvalue weighted by molar-refractivity contribution is 7.12. The Kier molecular flexibility index (Phi) is 4.75. The van der Waals surface area contributed by atoms with Gasteiger partial charge in [0, 0.05) is 11.4 Å². The van der Waals surface area contributed by atoms with Gasteiger partial charge >= 0.3 is 12.1 Å². The van der Waals surface area contributed by atoms with E-state index in [1.807, 2.05) is 27.7 Å². The van der Waals surface area contributed by atoms with Crippen molar-refractivity contribution >= 4 is 23.4 Å². The number of likely N-dealkylation sites (tertiary alicyclic amines) is 1. The Bertz CT molecular complexity index is 577. The van der Waals surface area contributed by atoms with E-state index in [1.54, 1.807) is 4.90 Å². The Morgan fingerprint density at radius 2 is 2.05 bits per heavy atom. The molecule has 1 amide bonds. The molecule has 0 radical (unpaired) electrons. The highest BCUT2D eigenvalue weighted by Gasteiger charge is 2.35.